The molecule has 2 aliphatic rings. The van der Waals surface area contributed by atoms with Crippen LogP contribution in [0.1, 0.15) is 49.4 Å². The number of rotatable bonds is 3. The Hall–Kier alpha value is -2.82. The summed E-state index contributed by atoms with van der Waals surface area (Å²) >= 11 is 0. The van der Waals surface area contributed by atoms with Gasteiger partial charge in [0.15, 0.2) is 0 Å². The normalized spacial score (nSPS) is 16.9. The lowest BCUT2D eigenvalue weighted by Gasteiger charge is -2.26. The molecule has 1 aromatic carbocycles. The molecular weight excluding hydrogens is 356 g/mol. The van der Waals surface area contributed by atoms with E-state index in [9.17, 15) is 8.78 Å². The molecule has 0 spiro atoms. The molecule has 0 atom stereocenters. The van der Waals surface area contributed by atoms with Crippen LogP contribution < -0.4 is 0 Å². The number of allylic oxidation sites excluding steroid dienone is 1. The molecular formula is C23H21F2N3. The van der Waals surface area contributed by atoms with E-state index in [2.05, 4.69) is 9.55 Å². The van der Waals surface area contributed by atoms with Crippen molar-refractivity contribution >= 4 is 5.83 Å². The third-order valence-electron chi connectivity index (χ3n) is 5.88. The number of halogens is 2. The van der Waals surface area contributed by atoms with E-state index in [0.29, 0.717) is 18.0 Å². The van der Waals surface area contributed by atoms with Crippen LogP contribution in [0.2, 0.25) is 0 Å². The Morgan fingerprint density at radius 2 is 1.71 bits per heavy atom. The Morgan fingerprint density at radius 1 is 0.929 bits per heavy atom. The van der Waals surface area contributed by atoms with E-state index < -0.39 is 0 Å². The lowest BCUT2D eigenvalue weighted by atomic mass is 9.93. The molecule has 0 amide bonds. The average Bonchev–Trinajstić information content (AvgIpc) is 3.34. The zero-order valence-electron chi connectivity index (χ0n) is 15.5. The van der Waals surface area contributed by atoms with Gasteiger partial charge in [-0.15, -0.1) is 0 Å². The summed E-state index contributed by atoms with van der Waals surface area (Å²) in [4.78, 5) is 9.06. The fourth-order valence-corrected chi connectivity index (χ4v) is 4.49. The summed E-state index contributed by atoms with van der Waals surface area (Å²) in [5, 5.41) is 0. The van der Waals surface area contributed by atoms with Crippen molar-refractivity contribution in [3.05, 3.63) is 66.0 Å². The van der Waals surface area contributed by atoms with Crippen molar-refractivity contribution < 1.29 is 8.78 Å². The van der Waals surface area contributed by atoms with Crippen LogP contribution in [-0.2, 0) is 6.42 Å². The summed E-state index contributed by atoms with van der Waals surface area (Å²) in [7, 11) is 0. The number of nitrogens with zero attached hydrogens (tertiary/aromatic N) is 3. The molecule has 5 rings (SSSR count). The molecule has 28 heavy (non-hydrogen) atoms. The van der Waals surface area contributed by atoms with Crippen LogP contribution in [-0.4, -0.2) is 14.5 Å². The number of hydrogen-bond acceptors (Lipinski definition) is 2. The molecule has 0 unspecified atom stereocenters. The van der Waals surface area contributed by atoms with E-state index in [-0.39, 0.29) is 11.6 Å². The van der Waals surface area contributed by atoms with Gasteiger partial charge in [-0.25, -0.2) is 13.8 Å². The molecule has 2 aliphatic carbocycles. The average molecular weight is 377 g/mol. The predicted molar refractivity (Wildman–Crippen MR) is 106 cm³/mol. The van der Waals surface area contributed by atoms with Crippen LogP contribution in [0.3, 0.4) is 0 Å². The predicted octanol–water partition coefficient (Wildman–Crippen LogP) is 6.12. The van der Waals surface area contributed by atoms with Gasteiger partial charge in [0, 0.05) is 35.3 Å². The standard InChI is InChI=1S/C23H21F2N3/c24-16-8-6-15(7-9-16)22-23(28(14-27-22)17-4-2-1-3-5-17)18-12-13-26-20-11-10-19(25)21(18)20/h6-10,12-14,17H,1-5,11H2. The molecule has 3 aromatic rings. The molecule has 0 N–H and O–H groups in total. The highest BCUT2D eigenvalue weighted by molar-refractivity contribution is 5.87. The summed E-state index contributed by atoms with van der Waals surface area (Å²) in [5.74, 6) is -0.504. The van der Waals surface area contributed by atoms with E-state index >= 15 is 0 Å². The molecule has 2 heterocycles. The van der Waals surface area contributed by atoms with E-state index in [1.165, 1.54) is 31.4 Å². The van der Waals surface area contributed by atoms with Crippen molar-refractivity contribution in [2.45, 2.75) is 44.6 Å². The summed E-state index contributed by atoms with van der Waals surface area (Å²) in [5.41, 5.74) is 4.65. The molecule has 1 saturated carbocycles. The first kappa shape index (κ1) is 17.3. The van der Waals surface area contributed by atoms with Crippen molar-refractivity contribution in [2.24, 2.45) is 0 Å². The fourth-order valence-electron chi connectivity index (χ4n) is 4.49. The van der Waals surface area contributed by atoms with Crippen molar-refractivity contribution in [1.29, 1.82) is 0 Å². The highest BCUT2D eigenvalue weighted by Gasteiger charge is 2.27. The van der Waals surface area contributed by atoms with Crippen molar-refractivity contribution in [1.82, 2.24) is 14.5 Å². The first-order valence-electron chi connectivity index (χ1n) is 9.89. The van der Waals surface area contributed by atoms with Gasteiger partial charge in [0.1, 0.15) is 11.6 Å². The molecule has 5 heteroatoms. The van der Waals surface area contributed by atoms with Gasteiger partial charge in [0.05, 0.1) is 23.4 Å². The molecule has 1 fully saturated rings. The first-order valence-corrected chi connectivity index (χ1v) is 9.89. The maximum absolute atomic E-state index is 14.7. The highest BCUT2D eigenvalue weighted by atomic mass is 19.1. The number of benzene rings is 1. The highest BCUT2D eigenvalue weighted by Crippen LogP contribution is 2.42. The third-order valence-corrected chi connectivity index (χ3v) is 5.88. The van der Waals surface area contributed by atoms with Crippen molar-refractivity contribution in [3.8, 4) is 22.5 Å². The second-order valence-corrected chi connectivity index (χ2v) is 7.58. The Bertz CT molecular complexity index is 1040. The summed E-state index contributed by atoms with van der Waals surface area (Å²) in [6.07, 6.45) is 11.5. The molecule has 0 radical (unpaired) electrons. The van der Waals surface area contributed by atoms with Crippen molar-refractivity contribution in [2.75, 3.05) is 0 Å². The fraction of sp³-hybridized carbons (Fsp3) is 0.304. The van der Waals surface area contributed by atoms with Gasteiger partial charge >= 0.3 is 0 Å². The summed E-state index contributed by atoms with van der Waals surface area (Å²) in [6.45, 7) is 0. The van der Waals surface area contributed by atoms with E-state index in [4.69, 9.17) is 4.98 Å². The Kier molecular flexibility index (Phi) is 4.30. The molecule has 142 valence electrons. The second-order valence-electron chi connectivity index (χ2n) is 7.58. The molecule has 0 aliphatic heterocycles. The minimum Gasteiger partial charge on any atom is -0.327 e. The van der Waals surface area contributed by atoms with Gasteiger partial charge in [0.2, 0.25) is 0 Å². The van der Waals surface area contributed by atoms with Gasteiger partial charge in [-0.2, -0.15) is 0 Å². The second kappa shape index (κ2) is 6.97. The number of imidazole rings is 1. The monoisotopic (exact) mass is 377 g/mol. The number of aromatic nitrogens is 3. The SMILES string of the molecule is FC1=CCc2nccc(-c3c(-c4ccc(F)cc4)ncn3C3CCCCC3)c21. The van der Waals surface area contributed by atoms with E-state index in [1.54, 1.807) is 24.4 Å². The van der Waals surface area contributed by atoms with Gasteiger partial charge in [0.25, 0.3) is 0 Å². The largest absolute Gasteiger partial charge is 0.327 e. The van der Waals surface area contributed by atoms with Gasteiger partial charge < -0.3 is 4.57 Å². The van der Waals surface area contributed by atoms with Crippen molar-refractivity contribution in [3.63, 3.8) is 0 Å². The van der Waals surface area contributed by atoms with Crippen LogP contribution in [0.4, 0.5) is 8.78 Å². The number of hydrogen-bond donors (Lipinski definition) is 0. The third kappa shape index (κ3) is 2.86. The first-order chi connectivity index (χ1) is 13.7. The quantitative estimate of drug-likeness (QED) is 0.550. The van der Waals surface area contributed by atoms with Crippen LogP contribution in [0.5, 0.6) is 0 Å². The number of fused-ring (bicyclic) bond motifs is 1. The van der Waals surface area contributed by atoms with Crippen LogP contribution in [0, 0.1) is 5.82 Å². The number of pyridine rings is 1. The summed E-state index contributed by atoms with van der Waals surface area (Å²) in [6, 6.07) is 8.58. The van der Waals surface area contributed by atoms with Crippen LogP contribution in [0.25, 0.3) is 28.3 Å². The lowest BCUT2D eigenvalue weighted by Crippen LogP contribution is -2.13. The van der Waals surface area contributed by atoms with E-state index in [0.717, 1.165) is 41.1 Å². The van der Waals surface area contributed by atoms with E-state index in [1.807, 2.05) is 12.4 Å². The zero-order valence-corrected chi connectivity index (χ0v) is 15.5. The topological polar surface area (TPSA) is 30.7 Å². The maximum Gasteiger partial charge on any atom is 0.129 e. The van der Waals surface area contributed by atoms with Gasteiger partial charge in [-0.05, 0) is 49.2 Å². The maximum atomic E-state index is 14.7. The minimum atomic E-state index is -0.282. The molecule has 0 bridgehead atoms. The van der Waals surface area contributed by atoms with Crippen LogP contribution in [0.15, 0.2) is 48.9 Å². The van der Waals surface area contributed by atoms with Gasteiger partial charge in [-0.1, -0.05) is 19.3 Å². The zero-order chi connectivity index (χ0) is 19.1. The Morgan fingerprint density at radius 3 is 2.50 bits per heavy atom. The van der Waals surface area contributed by atoms with Crippen LogP contribution >= 0.6 is 0 Å². The summed E-state index contributed by atoms with van der Waals surface area (Å²) < 4.78 is 30.3. The van der Waals surface area contributed by atoms with Gasteiger partial charge in [-0.3, -0.25) is 4.98 Å². The minimum absolute atomic E-state index is 0.223. The Balaban J connectivity index is 1.73. The molecule has 3 nitrogen and oxygen atoms in total. The molecule has 0 saturated heterocycles. The smallest absolute Gasteiger partial charge is 0.129 e. The lowest BCUT2D eigenvalue weighted by molar-refractivity contribution is 0.355. The molecule has 2 aromatic heterocycles. The Labute approximate surface area is 162 Å².